The molecule has 2 rings (SSSR count). The summed E-state index contributed by atoms with van der Waals surface area (Å²) >= 11 is 0. The lowest BCUT2D eigenvalue weighted by molar-refractivity contribution is -0.155. The molecule has 1 saturated heterocycles. The predicted molar refractivity (Wildman–Crippen MR) is 95.7 cm³/mol. The average molecular weight is 355 g/mol. The number of halogens is 1. The largest absolute Gasteiger partial charge is 0.459 e. The number of nitrogens with two attached hydrogens (primary N) is 1. The molecule has 1 aromatic rings. The number of carbonyl (C=O) groups is 2. The Hall–Kier alpha value is -1.59. The smallest absolute Gasteiger partial charge is 0.329 e. The van der Waals surface area contributed by atoms with Gasteiger partial charge in [-0.2, -0.15) is 0 Å². The molecule has 3 atom stereocenters. The van der Waals surface area contributed by atoms with E-state index in [1.165, 1.54) is 0 Å². The maximum absolute atomic E-state index is 12.5. The van der Waals surface area contributed by atoms with E-state index in [-0.39, 0.29) is 36.8 Å². The van der Waals surface area contributed by atoms with Crippen LogP contribution in [0.2, 0.25) is 0 Å². The second-order valence-corrected chi connectivity index (χ2v) is 6.19. The minimum absolute atomic E-state index is 0. The SMILES string of the molecule is CCC(C)[C@H](N)C(=O)N1CCC[C@H]1C(=O)OCc1ccccc1.Cl. The van der Waals surface area contributed by atoms with Crippen molar-refractivity contribution in [3.63, 3.8) is 0 Å². The number of hydrogen-bond acceptors (Lipinski definition) is 4. The zero-order valence-corrected chi connectivity index (χ0v) is 15.1. The molecule has 0 bridgehead atoms. The fourth-order valence-electron chi connectivity index (χ4n) is 2.79. The second kappa shape index (κ2) is 9.64. The molecule has 1 amide bonds. The third-order valence-corrected chi connectivity index (χ3v) is 4.57. The van der Waals surface area contributed by atoms with Crippen LogP contribution in [0.15, 0.2) is 30.3 Å². The van der Waals surface area contributed by atoms with Crippen molar-refractivity contribution in [2.75, 3.05) is 6.54 Å². The number of esters is 1. The molecule has 2 N–H and O–H groups in total. The summed E-state index contributed by atoms with van der Waals surface area (Å²) in [7, 11) is 0. The van der Waals surface area contributed by atoms with Crippen molar-refractivity contribution in [2.24, 2.45) is 11.7 Å². The number of ether oxygens (including phenoxy) is 1. The van der Waals surface area contributed by atoms with Gasteiger partial charge in [-0.3, -0.25) is 4.79 Å². The van der Waals surface area contributed by atoms with Gasteiger partial charge >= 0.3 is 5.97 Å². The van der Waals surface area contributed by atoms with Crippen LogP contribution in [-0.2, 0) is 20.9 Å². The van der Waals surface area contributed by atoms with Gasteiger partial charge in [0, 0.05) is 6.54 Å². The molecule has 5 nitrogen and oxygen atoms in total. The van der Waals surface area contributed by atoms with E-state index >= 15 is 0 Å². The molecule has 0 radical (unpaired) electrons. The molecule has 1 aliphatic rings. The lowest BCUT2D eigenvalue weighted by Crippen LogP contribution is -2.51. The Morgan fingerprint density at radius 1 is 1.33 bits per heavy atom. The lowest BCUT2D eigenvalue weighted by atomic mass is 9.98. The summed E-state index contributed by atoms with van der Waals surface area (Å²) in [6.45, 7) is 4.78. The van der Waals surface area contributed by atoms with Crippen molar-refractivity contribution < 1.29 is 14.3 Å². The molecule has 0 spiro atoms. The van der Waals surface area contributed by atoms with Gasteiger partial charge in [0.05, 0.1) is 6.04 Å². The first-order valence-corrected chi connectivity index (χ1v) is 8.31. The number of nitrogens with zero attached hydrogens (tertiary/aromatic N) is 1. The van der Waals surface area contributed by atoms with Crippen molar-refractivity contribution in [1.82, 2.24) is 4.90 Å². The first-order valence-electron chi connectivity index (χ1n) is 8.31. The number of amides is 1. The average Bonchev–Trinajstić information content (AvgIpc) is 3.08. The summed E-state index contributed by atoms with van der Waals surface area (Å²) in [5.74, 6) is -0.376. The molecule has 1 fully saturated rings. The Morgan fingerprint density at radius 2 is 2.00 bits per heavy atom. The first-order chi connectivity index (χ1) is 11.0. The third-order valence-electron chi connectivity index (χ3n) is 4.57. The van der Waals surface area contributed by atoms with E-state index in [0.717, 1.165) is 18.4 Å². The predicted octanol–water partition coefficient (Wildman–Crippen LogP) is 2.52. The maximum atomic E-state index is 12.5. The number of rotatable bonds is 6. The molecular weight excluding hydrogens is 328 g/mol. The molecule has 1 heterocycles. The van der Waals surface area contributed by atoms with Gasteiger partial charge in [0.15, 0.2) is 0 Å². The molecule has 0 aromatic heterocycles. The highest BCUT2D eigenvalue weighted by Gasteiger charge is 2.38. The van der Waals surface area contributed by atoms with Crippen LogP contribution >= 0.6 is 12.4 Å². The summed E-state index contributed by atoms with van der Waals surface area (Å²) in [5.41, 5.74) is 6.97. The van der Waals surface area contributed by atoms with E-state index in [4.69, 9.17) is 10.5 Å². The third kappa shape index (κ3) is 4.95. The van der Waals surface area contributed by atoms with E-state index in [2.05, 4.69) is 0 Å². The molecule has 134 valence electrons. The quantitative estimate of drug-likeness (QED) is 0.797. The zero-order valence-electron chi connectivity index (χ0n) is 14.3. The van der Waals surface area contributed by atoms with Crippen LogP contribution in [0.25, 0.3) is 0 Å². The molecule has 0 saturated carbocycles. The zero-order chi connectivity index (χ0) is 16.8. The lowest BCUT2D eigenvalue weighted by Gasteiger charge is -2.28. The number of hydrogen-bond donors (Lipinski definition) is 1. The molecule has 6 heteroatoms. The highest BCUT2D eigenvalue weighted by molar-refractivity contribution is 5.88. The van der Waals surface area contributed by atoms with Gasteiger partial charge in [-0.15, -0.1) is 12.4 Å². The van der Waals surface area contributed by atoms with Crippen molar-refractivity contribution in [3.05, 3.63) is 35.9 Å². The molecule has 0 aliphatic carbocycles. The molecule has 1 aromatic carbocycles. The van der Waals surface area contributed by atoms with Crippen molar-refractivity contribution in [2.45, 2.75) is 51.8 Å². The standard InChI is InChI=1S/C18H26N2O3.ClH/c1-3-13(2)16(19)17(21)20-11-7-10-15(20)18(22)23-12-14-8-5-4-6-9-14;/h4-6,8-9,13,15-16H,3,7,10-12,19H2,1-2H3;1H/t13?,15-,16-;/m0./s1. The highest BCUT2D eigenvalue weighted by atomic mass is 35.5. The number of likely N-dealkylation sites (tertiary alicyclic amines) is 1. The van der Waals surface area contributed by atoms with Gasteiger partial charge in [0.2, 0.25) is 5.91 Å². The van der Waals surface area contributed by atoms with E-state index in [1.54, 1.807) is 4.90 Å². The van der Waals surface area contributed by atoms with Crippen molar-refractivity contribution >= 4 is 24.3 Å². The highest BCUT2D eigenvalue weighted by Crippen LogP contribution is 2.21. The van der Waals surface area contributed by atoms with Crippen LogP contribution in [-0.4, -0.2) is 35.4 Å². The van der Waals surface area contributed by atoms with Crippen LogP contribution in [0.1, 0.15) is 38.7 Å². The molecule has 1 unspecified atom stereocenters. The fraction of sp³-hybridized carbons (Fsp3) is 0.556. The molecular formula is C18H27ClN2O3. The monoisotopic (exact) mass is 354 g/mol. The summed E-state index contributed by atoms with van der Waals surface area (Å²) in [6, 6.07) is 8.48. The fourth-order valence-corrected chi connectivity index (χ4v) is 2.79. The van der Waals surface area contributed by atoms with Gasteiger partial charge < -0.3 is 15.4 Å². The van der Waals surface area contributed by atoms with E-state index < -0.39 is 12.1 Å². The van der Waals surface area contributed by atoms with Gasteiger partial charge in [0.1, 0.15) is 12.6 Å². The van der Waals surface area contributed by atoms with Crippen molar-refractivity contribution in [3.8, 4) is 0 Å². The van der Waals surface area contributed by atoms with Crippen LogP contribution in [0.3, 0.4) is 0 Å². The number of benzene rings is 1. The van der Waals surface area contributed by atoms with Crippen LogP contribution < -0.4 is 5.73 Å². The summed E-state index contributed by atoms with van der Waals surface area (Å²) in [4.78, 5) is 26.5. The maximum Gasteiger partial charge on any atom is 0.329 e. The molecule has 24 heavy (non-hydrogen) atoms. The number of carbonyl (C=O) groups excluding carboxylic acids is 2. The van der Waals surface area contributed by atoms with Crippen molar-refractivity contribution in [1.29, 1.82) is 0 Å². The summed E-state index contributed by atoms with van der Waals surface area (Å²) in [5, 5.41) is 0. The Labute approximate surface area is 149 Å². The van der Waals surface area contributed by atoms with Gasteiger partial charge in [-0.25, -0.2) is 4.79 Å². The normalized spacial score (nSPS) is 19.3. The summed E-state index contributed by atoms with van der Waals surface area (Å²) < 4.78 is 5.39. The van der Waals surface area contributed by atoms with E-state index in [9.17, 15) is 9.59 Å². The van der Waals surface area contributed by atoms with Crippen LogP contribution in [0.5, 0.6) is 0 Å². The van der Waals surface area contributed by atoms with E-state index in [1.807, 2.05) is 44.2 Å². The van der Waals surface area contributed by atoms with Gasteiger partial charge in [-0.05, 0) is 24.3 Å². The summed E-state index contributed by atoms with van der Waals surface area (Å²) in [6.07, 6.45) is 2.29. The Kier molecular flexibility index (Phi) is 8.22. The van der Waals surface area contributed by atoms with E-state index in [0.29, 0.717) is 13.0 Å². The van der Waals surface area contributed by atoms with Gasteiger partial charge in [-0.1, -0.05) is 50.6 Å². The van der Waals surface area contributed by atoms with Gasteiger partial charge in [0.25, 0.3) is 0 Å². The Bertz CT molecular complexity index is 538. The first kappa shape index (κ1) is 20.5. The minimum Gasteiger partial charge on any atom is -0.459 e. The Balaban J connectivity index is 0.00000288. The molecule has 1 aliphatic heterocycles. The second-order valence-electron chi connectivity index (χ2n) is 6.19. The van der Waals surface area contributed by atoms with Crippen LogP contribution in [0, 0.1) is 5.92 Å². The topological polar surface area (TPSA) is 72.6 Å². The van der Waals surface area contributed by atoms with Crippen LogP contribution in [0.4, 0.5) is 0 Å². The minimum atomic E-state index is -0.553. The Morgan fingerprint density at radius 3 is 2.62 bits per heavy atom.